The number of fused-ring (bicyclic) bond motifs is 2. The van der Waals surface area contributed by atoms with Crippen molar-refractivity contribution in [2.75, 3.05) is 0 Å². The van der Waals surface area contributed by atoms with E-state index in [2.05, 4.69) is 15.5 Å². The van der Waals surface area contributed by atoms with E-state index in [9.17, 15) is 14.0 Å². The van der Waals surface area contributed by atoms with Gasteiger partial charge in [0.15, 0.2) is 0 Å². The summed E-state index contributed by atoms with van der Waals surface area (Å²) in [6.45, 7) is 1.90. The first-order chi connectivity index (χ1) is 16.5. The van der Waals surface area contributed by atoms with Gasteiger partial charge < -0.3 is 8.97 Å². The number of rotatable bonds is 6. The molecule has 168 valence electrons. The number of ketones is 1. The minimum absolute atomic E-state index is 0.0711. The van der Waals surface area contributed by atoms with Gasteiger partial charge in [-0.3, -0.25) is 9.59 Å². The lowest BCUT2D eigenvalue weighted by atomic mass is 10.0. The third-order valence-corrected chi connectivity index (χ3v) is 5.68. The molecule has 34 heavy (non-hydrogen) atoms. The lowest BCUT2D eigenvalue weighted by Gasteiger charge is -2.04. The van der Waals surface area contributed by atoms with E-state index in [0.29, 0.717) is 22.4 Å². The van der Waals surface area contributed by atoms with E-state index in [-0.39, 0.29) is 18.2 Å². The minimum atomic E-state index is -0.402. The molecule has 0 saturated carbocycles. The number of benzene rings is 2. The van der Waals surface area contributed by atoms with Gasteiger partial charge in [0.2, 0.25) is 5.78 Å². The highest BCUT2D eigenvalue weighted by molar-refractivity contribution is 6.12. The molecule has 0 aliphatic rings. The van der Waals surface area contributed by atoms with E-state index in [1.165, 1.54) is 30.5 Å². The van der Waals surface area contributed by atoms with E-state index in [1.807, 2.05) is 49.4 Å². The van der Waals surface area contributed by atoms with Crippen molar-refractivity contribution >= 4 is 34.5 Å². The monoisotopic (exact) mass is 453 g/mol. The SMILES string of the molecule is Cc1c(/C=N/NC(=O)Cn2cnc3ccccc32)c2ccccn2c1C(=O)c1ccc(F)cc1. The topological polar surface area (TPSA) is 80.8 Å². The van der Waals surface area contributed by atoms with Crippen molar-refractivity contribution in [1.29, 1.82) is 0 Å². The zero-order valence-electron chi connectivity index (χ0n) is 18.3. The van der Waals surface area contributed by atoms with Gasteiger partial charge in [0.1, 0.15) is 12.4 Å². The second kappa shape index (κ2) is 8.74. The molecular weight excluding hydrogens is 433 g/mol. The maximum atomic E-state index is 13.3. The van der Waals surface area contributed by atoms with Crippen LogP contribution in [0.3, 0.4) is 0 Å². The molecule has 0 aliphatic heterocycles. The quantitative estimate of drug-likeness (QED) is 0.239. The van der Waals surface area contributed by atoms with Crippen LogP contribution < -0.4 is 5.43 Å². The maximum absolute atomic E-state index is 13.3. The molecule has 3 aromatic heterocycles. The van der Waals surface area contributed by atoms with Crippen LogP contribution in [0.25, 0.3) is 16.6 Å². The summed E-state index contributed by atoms with van der Waals surface area (Å²) in [5.74, 6) is -0.932. The molecule has 7 nitrogen and oxygen atoms in total. The Balaban J connectivity index is 1.40. The first-order valence-electron chi connectivity index (χ1n) is 10.6. The average molecular weight is 453 g/mol. The van der Waals surface area contributed by atoms with Crippen molar-refractivity contribution in [2.45, 2.75) is 13.5 Å². The Morgan fingerprint density at radius 3 is 2.59 bits per heavy atom. The summed E-state index contributed by atoms with van der Waals surface area (Å²) in [6, 6.07) is 18.6. The second-order valence-corrected chi connectivity index (χ2v) is 7.83. The number of para-hydroxylation sites is 2. The molecule has 2 aromatic carbocycles. The van der Waals surface area contributed by atoms with E-state index < -0.39 is 5.82 Å². The van der Waals surface area contributed by atoms with Crippen molar-refractivity contribution in [3.05, 3.63) is 107 Å². The van der Waals surface area contributed by atoms with Crippen LogP contribution in [0.5, 0.6) is 0 Å². The lowest BCUT2D eigenvalue weighted by molar-refractivity contribution is -0.121. The average Bonchev–Trinajstić information content (AvgIpc) is 3.37. The standard InChI is InChI=1S/C26H20FN5O2/c1-17-20(14-29-30-24(33)15-31-16-28-21-6-2-3-8-23(21)31)22-7-4-5-13-32(22)25(17)26(34)18-9-11-19(27)12-10-18/h2-14,16H,15H2,1H3,(H,30,33)/b29-14+. The number of aromatic nitrogens is 3. The van der Waals surface area contributed by atoms with E-state index in [4.69, 9.17) is 0 Å². The minimum Gasteiger partial charge on any atom is -0.321 e. The van der Waals surface area contributed by atoms with Crippen molar-refractivity contribution in [2.24, 2.45) is 5.10 Å². The predicted molar refractivity (Wildman–Crippen MR) is 127 cm³/mol. The fourth-order valence-electron chi connectivity index (χ4n) is 4.03. The first-order valence-corrected chi connectivity index (χ1v) is 10.6. The number of pyridine rings is 1. The van der Waals surface area contributed by atoms with Crippen LogP contribution in [-0.4, -0.2) is 31.9 Å². The van der Waals surface area contributed by atoms with Crippen molar-refractivity contribution in [1.82, 2.24) is 19.4 Å². The third-order valence-electron chi connectivity index (χ3n) is 5.68. The van der Waals surface area contributed by atoms with Crippen LogP contribution in [0, 0.1) is 12.7 Å². The Labute approximate surface area is 194 Å². The molecule has 0 atom stereocenters. The molecule has 1 amide bonds. The largest absolute Gasteiger partial charge is 0.321 e. The number of halogens is 1. The number of hydrogen-bond donors (Lipinski definition) is 1. The molecule has 0 fully saturated rings. The summed E-state index contributed by atoms with van der Waals surface area (Å²) in [7, 11) is 0. The normalized spacial score (nSPS) is 11.5. The van der Waals surface area contributed by atoms with E-state index in [1.54, 1.807) is 21.5 Å². The van der Waals surface area contributed by atoms with Gasteiger partial charge >= 0.3 is 0 Å². The number of amides is 1. The molecule has 5 aromatic rings. The Kier molecular flexibility index (Phi) is 5.47. The van der Waals surface area contributed by atoms with Gasteiger partial charge in [-0.1, -0.05) is 18.2 Å². The van der Waals surface area contributed by atoms with Crippen LogP contribution in [0.1, 0.15) is 27.2 Å². The van der Waals surface area contributed by atoms with Crippen LogP contribution >= 0.6 is 0 Å². The molecule has 1 N–H and O–H groups in total. The number of hydrogen-bond acceptors (Lipinski definition) is 4. The van der Waals surface area contributed by atoms with E-state index >= 15 is 0 Å². The van der Waals surface area contributed by atoms with Crippen molar-refractivity contribution < 1.29 is 14.0 Å². The highest BCUT2D eigenvalue weighted by atomic mass is 19.1. The number of hydrazone groups is 1. The molecule has 3 heterocycles. The number of imidazole rings is 1. The number of carbonyl (C=O) groups excluding carboxylic acids is 2. The van der Waals surface area contributed by atoms with Crippen LogP contribution in [0.15, 0.2) is 84.4 Å². The van der Waals surface area contributed by atoms with Gasteiger partial charge in [0.05, 0.1) is 34.8 Å². The molecule has 0 bridgehead atoms. The smallest absolute Gasteiger partial charge is 0.260 e. The second-order valence-electron chi connectivity index (χ2n) is 7.83. The number of nitrogens with zero attached hydrogens (tertiary/aromatic N) is 4. The van der Waals surface area contributed by atoms with Crippen LogP contribution in [-0.2, 0) is 11.3 Å². The van der Waals surface area contributed by atoms with Gasteiger partial charge in [-0.15, -0.1) is 0 Å². The first kappa shape index (κ1) is 21.3. The molecule has 0 aliphatic carbocycles. The maximum Gasteiger partial charge on any atom is 0.260 e. The summed E-state index contributed by atoms with van der Waals surface area (Å²) < 4.78 is 16.8. The molecule has 5 rings (SSSR count). The van der Waals surface area contributed by atoms with Gasteiger partial charge in [-0.25, -0.2) is 14.8 Å². The Morgan fingerprint density at radius 1 is 1.03 bits per heavy atom. The Morgan fingerprint density at radius 2 is 1.76 bits per heavy atom. The highest BCUT2D eigenvalue weighted by Gasteiger charge is 2.21. The van der Waals surface area contributed by atoms with Crippen molar-refractivity contribution in [3.63, 3.8) is 0 Å². The van der Waals surface area contributed by atoms with Gasteiger partial charge in [0.25, 0.3) is 5.91 Å². The fraction of sp³-hybridized carbons (Fsp3) is 0.0769. The predicted octanol–water partition coefficient (Wildman–Crippen LogP) is 4.12. The fourth-order valence-corrected chi connectivity index (χ4v) is 4.03. The van der Waals surface area contributed by atoms with E-state index in [0.717, 1.165) is 16.6 Å². The summed E-state index contributed by atoms with van der Waals surface area (Å²) in [5.41, 5.74) is 7.25. The van der Waals surface area contributed by atoms with Crippen LogP contribution in [0.2, 0.25) is 0 Å². The molecule has 0 radical (unpaired) electrons. The van der Waals surface area contributed by atoms with Gasteiger partial charge in [0, 0.05) is 17.3 Å². The van der Waals surface area contributed by atoms with Gasteiger partial charge in [-0.05, 0) is 61.0 Å². The third kappa shape index (κ3) is 3.86. The summed E-state index contributed by atoms with van der Waals surface area (Å²) in [6.07, 6.45) is 4.95. The molecular formula is C26H20FN5O2. The zero-order chi connectivity index (χ0) is 23.7. The molecule has 0 unspecified atom stereocenters. The number of carbonyl (C=O) groups is 2. The summed E-state index contributed by atoms with van der Waals surface area (Å²) >= 11 is 0. The lowest BCUT2D eigenvalue weighted by Crippen LogP contribution is -2.22. The zero-order valence-corrected chi connectivity index (χ0v) is 18.3. The molecule has 0 spiro atoms. The molecule has 0 saturated heterocycles. The Bertz CT molecular complexity index is 1560. The number of nitrogens with one attached hydrogen (secondary N) is 1. The Hall–Kier alpha value is -4.59. The summed E-state index contributed by atoms with van der Waals surface area (Å²) in [5, 5.41) is 4.14. The van der Waals surface area contributed by atoms with Gasteiger partial charge in [-0.2, -0.15) is 5.10 Å². The van der Waals surface area contributed by atoms with Crippen LogP contribution in [0.4, 0.5) is 4.39 Å². The summed E-state index contributed by atoms with van der Waals surface area (Å²) in [4.78, 5) is 29.9. The van der Waals surface area contributed by atoms with Crippen molar-refractivity contribution in [3.8, 4) is 0 Å². The highest BCUT2D eigenvalue weighted by Crippen LogP contribution is 2.24. The molecule has 8 heteroatoms.